The minimum atomic E-state index is -3.32. The van der Waals surface area contributed by atoms with Crippen LogP contribution in [-0.2, 0) is 14.8 Å². The molecule has 0 bridgehead atoms. The van der Waals surface area contributed by atoms with Gasteiger partial charge in [0.25, 0.3) is 0 Å². The molecule has 4 aromatic rings. The molecule has 2 saturated heterocycles. The van der Waals surface area contributed by atoms with Gasteiger partial charge in [-0.05, 0) is 68.7 Å². The molecule has 11 heteroatoms. The molecule has 204 valence electrons. The highest BCUT2D eigenvalue weighted by Crippen LogP contribution is 2.41. The van der Waals surface area contributed by atoms with Crippen molar-refractivity contribution in [2.24, 2.45) is 0 Å². The summed E-state index contributed by atoms with van der Waals surface area (Å²) in [6.07, 6.45) is 2.94. The third kappa shape index (κ3) is 4.39. The van der Waals surface area contributed by atoms with E-state index < -0.39 is 10.0 Å². The van der Waals surface area contributed by atoms with Gasteiger partial charge < -0.3 is 18.7 Å². The zero-order valence-electron chi connectivity index (χ0n) is 22.4. The number of methoxy groups -OCH3 is 1. The van der Waals surface area contributed by atoms with Crippen molar-refractivity contribution < 1.29 is 22.5 Å². The molecule has 2 aliphatic rings. The van der Waals surface area contributed by atoms with Gasteiger partial charge >= 0.3 is 0 Å². The first-order valence-electron chi connectivity index (χ1n) is 13.0. The predicted molar refractivity (Wildman–Crippen MR) is 147 cm³/mol. The Bertz CT molecular complexity index is 1650. The van der Waals surface area contributed by atoms with Gasteiger partial charge in [-0.3, -0.25) is 4.79 Å². The van der Waals surface area contributed by atoms with Gasteiger partial charge in [0.1, 0.15) is 17.3 Å². The Morgan fingerprint density at radius 3 is 2.49 bits per heavy atom. The Morgan fingerprint density at radius 1 is 1.08 bits per heavy atom. The first-order valence-corrected chi connectivity index (χ1v) is 14.9. The number of fused-ring (bicyclic) bond motifs is 1. The molecular formula is C28H31N5O5S. The normalized spacial score (nSPS) is 20.4. The topological polar surface area (TPSA) is 111 Å². The molecule has 1 amide bonds. The number of aromatic nitrogens is 3. The number of rotatable bonds is 6. The number of imidazole rings is 1. The van der Waals surface area contributed by atoms with Crippen LogP contribution in [0.4, 0.5) is 5.69 Å². The minimum absolute atomic E-state index is 0.0318. The fourth-order valence-corrected chi connectivity index (χ4v) is 6.88. The van der Waals surface area contributed by atoms with Crippen LogP contribution in [0.2, 0.25) is 0 Å². The van der Waals surface area contributed by atoms with Crippen molar-refractivity contribution in [1.29, 1.82) is 0 Å². The quantitative estimate of drug-likeness (QED) is 0.351. The van der Waals surface area contributed by atoms with E-state index in [9.17, 15) is 13.2 Å². The van der Waals surface area contributed by atoms with E-state index in [-0.39, 0.29) is 18.0 Å². The van der Waals surface area contributed by atoms with E-state index in [1.165, 1.54) is 10.6 Å². The molecule has 10 nitrogen and oxygen atoms in total. The Hall–Kier alpha value is -3.70. The summed E-state index contributed by atoms with van der Waals surface area (Å²) in [7, 11) is -1.71. The highest BCUT2D eigenvalue weighted by atomic mass is 32.2. The number of aryl methyl sites for hydroxylation is 2. The Balaban J connectivity index is 1.49. The van der Waals surface area contributed by atoms with Gasteiger partial charge in [-0.1, -0.05) is 11.2 Å². The number of anilines is 1. The summed E-state index contributed by atoms with van der Waals surface area (Å²) in [6.45, 7) is 4.62. The Labute approximate surface area is 227 Å². The number of nitrogens with zero attached hydrogens (tertiary/aromatic N) is 5. The van der Waals surface area contributed by atoms with E-state index in [4.69, 9.17) is 14.2 Å². The number of hydrogen-bond donors (Lipinski definition) is 0. The van der Waals surface area contributed by atoms with E-state index in [1.54, 1.807) is 7.11 Å². The largest absolute Gasteiger partial charge is 0.497 e. The number of carbonyl (C=O) groups excluding carboxylic acids is 1. The lowest BCUT2D eigenvalue weighted by molar-refractivity contribution is -0.117. The molecule has 2 unspecified atom stereocenters. The summed E-state index contributed by atoms with van der Waals surface area (Å²) in [6, 6.07) is 13.2. The third-order valence-corrected chi connectivity index (χ3v) is 9.13. The molecule has 0 N–H and O–H groups in total. The Morgan fingerprint density at radius 2 is 1.85 bits per heavy atom. The lowest BCUT2D eigenvalue weighted by Gasteiger charge is -2.27. The number of carbonyl (C=O) groups is 1. The SMILES string of the molecule is COc1ccc(N2C(=O)CCC2c2nc3cc(-c4c(C)noc4C)ccc3n2C2CCN(S(C)(=O)=O)C2)cc1. The van der Waals surface area contributed by atoms with Crippen LogP contribution in [-0.4, -0.2) is 59.8 Å². The van der Waals surface area contributed by atoms with Crippen LogP contribution >= 0.6 is 0 Å². The minimum Gasteiger partial charge on any atom is -0.497 e. The highest BCUT2D eigenvalue weighted by Gasteiger charge is 2.39. The Kier molecular flexibility index (Phi) is 6.22. The fraction of sp³-hybridized carbons (Fsp3) is 0.393. The van der Waals surface area contributed by atoms with Crippen LogP contribution in [0.1, 0.15) is 48.6 Å². The summed E-state index contributed by atoms with van der Waals surface area (Å²) in [5, 5.41) is 4.10. The molecule has 2 aliphatic heterocycles. The lowest BCUT2D eigenvalue weighted by atomic mass is 10.0. The van der Waals surface area contributed by atoms with E-state index in [2.05, 4.69) is 9.72 Å². The van der Waals surface area contributed by atoms with Crippen molar-refractivity contribution in [1.82, 2.24) is 19.0 Å². The maximum atomic E-state index is 13.2. The summed E-state index contributed by atoms with van der Waals surface area (Å²) in [5.41, 5.74) is 5.17. The molecule has 2 aromatic heterocycles. The smallest absolute Gasteiger partial charge is 0.227 e. The predicted octanol–water partition coefficient (Wildman–Crippen LogP) is 4.39. The maximum absolute atomic E-state index is 13.2. The van der Waals surface area contributed by atoms with Crippen LogP contribution in [0, 0.1) is 13.8 Å². The fourth-order valence-electron chi connectivity index (χ4n) is 6.00. The maximum Gasteiger partial charge on any atom is 0.227 e. The first kappa shape index (κ1) is 25.6. The van der Waals surface area contributed by atoms with E-state index in [0.29, 0.717) is 38.1 Å². The van der Waals surface area contributed by atoms with Gasteiger partial charge in [-0.2, -0.15) is 0 Å². The standard InChI is InChI=1S/C28H31N5O5S/c1-17-27(18(2)38-30-17)19-5-10-24-23(15-19)29-28(33(24)21-13-14-31(16-21)39(4,35)36)25-11-12-26(34)32(25)20-6-8-22(37-3)9-7-20/h5-10,15,21,25H,11-14,16H2,1-4H3. The average molecular weight is 550 g/mol. The third-order valence-electron chi connectivity index (χ3n) is 7.86. The van der Waals surface area contributed by atoms with E-state index >= 15 is 0 Å². The molecule has 39 heavy (non-hydrogen) atoms. The molecule has 6 rings (SSSR count). The second-order valence-corrected chi connectivity index (χ2v) is 12.3. The highest BCUT2D eigenvalue weighted by molar-refractivity contribution is 7.88. The van der Waals surface area contributed by atoms with Crippen molar-refractivity contribution in [3.05, 3.63) is 59.7 Å². The molecule has 2 aromatic carbocycles. The summed E-state index contributed by atoms with van der Waals surface area (Å²) < 4.78 is 39.1. The average Bonchev–Trinajstić information content (AvgIpc) is 3.68. The van der Waals surface area contributed by atoms with Crippen molar-refractivity contribution in [2.45, 2.75) is 45.2 Å². The monoisotopic (exact) mass is 549 g/mol. The zero-order chi connectivity index (χ0) is 27.5. The van der Waals surface area contributed by atoms with Gasteiger partial charge in [0.2, 0.25) is 15.9 Å². The number of ether oxygens (including phenoxy) is 1. The molecule has 0 saturated carbocycles. The van der Waals surface area contributed by atoms with Crippen molar-refractivity contribution in [2.75, 3.05) is 31.4 Å². The van der Waals surface area contributed by atoms with Gasteiger partial charge in [0, 0.05) is 30.8 Å². The van der Waals surface area contributed by atoms with E-state index in [0.717, 1.165) is 45.1 Å². The van der Waals surface area contributed by atoms with Crippen molar-refractivity contribution >= 4 is 32.7 Å². The second-order valence-electron chi connectivity index (χ2n) is 10.3. The second kappa shape index (κ2) is 9.49. The molecule has 2 atom stereocenters. The summed E-state index contributed by atoms with van der Waals surface area (Å²) in [4.78, 5) is 20.1. The van der Waals surface area contributed by atoms with Gasteiger partial charge in [0.15, 0.2) is 0 Å². The first-order chi connectivity index (χ1) is 18.7. The van der Waals surface area contributed by atoms with Crippen LogP contribution < -0.4 is 9.64 Å². The number of hydrogen-bond acceptors (Lipinski definition) is 7. The molecule has 4 heterocycles. The van der Waals surface area contributed by atoms with Gasteiger partial charge in [0.05, 0.1) is 42.2 Å². The van der Waals surface area contributed by atoms with Crippen molar-refractivity contribution in [3.63, 3.8) is 0 Å². The molecule has 0 aliphatic carbocycles. The molecule has 2 fully saturated rings. The number of amides is 1. The van der Waals surface area contributed by atoms with Crippen LogP contribution in [0.15, 0.2) is 47.0 Å². The summed E-state index contributed by atoms with van der Waals surface area (Å²) in [5.74, 6) is 2.25. The summed E-state index contributed by atoms with van der Waals surface area (Å²) >= 11 is 0. The van der Waals surface area contributed by atoms with Gasteiger partial charge in [-0.25, -0.2) is 17.7 Å². The lowest BCUT2D eigenvalue weighted by Crippen LogP contribution is -2.31. The van der Waals surface area contributed by atoms with E-state index in [1.807, 2.05) is 61.2 Å². The molecular weight excluding hydrogens is 518 g/mol. The van der Waals surface area contributed by atoms with Crippen LogP contribution in [0.3, 0.4) is 0 Å². The van der Waals surface area contributed by atoms with Crippen molar-refractivity contribution in [3.8, 4) is 16.9 Å². The zero-order valence-corrected chi connectivity index (χ0v) is 23.2. The number of sulfonamides is 1. The van der Waals surface area contributed by atoms with Crippen LogP contribution in [0.25, 0.3) is 22.2 Å². The van der Waals surface area contributed by atoms with Gasteiger partial charge in [-0.15, -0.1) is 0 Å². The molecule has 0 spiro atoms. The van der Waals surface area contributed by atoms with Crippen LogP contribution in [0.5, 0.6) is 5.75 Å². The molecule has 0 radical (unpaired) electrons. The number of benzene rings is 2.